The predicted molar refractivity (Wildman–Crippen MR) is 335 cm³/mol. The number of unbranched alkanes of at least 4 members (excludes halogenated alkanes) is 28. The molecule has 0 nitrogen and oxygen atoms in total. The molecule has 0 saturated carbocycles. The topological polar surface area (TPSA) is 0 Å². The molecule has 3 aromatic carbocycles. The summed E-state index contributed by atoms with van der Waals surface area (Å²) in [6.45, 7) is 37.7. The molecule has 0 spiro atoms. The fourth-order valence-electron chi connectivity index (χ4n) is 6.34. The lowest BCUT2D eigenvalue weighted by atomic mass is 10.2. The fraction of sp³-hybridized carbons (Fsp3) is 0.743. The standard InChI is InChI=1S/3C7H8.7C7H16/c3*1-7-5-3-2-4-6-7;7*1-3-5-7-6-4-2/h3*2-6H,1H3;7*3-7H2,1-2H3. The van der Waals surface area contributed by atoms with Crippen molar-refractivity contribution in [3.8, 4) is 0 Å². The first kappa shape index (κ1) is 81.7. The molecule has 0 aliphatic rings. The van der Waals surface area contributed by atoms with E-state index in [2.05, 4.69) is 154 Å². The third kappa shape index (κ3) is 111. The molecule has 70 heavy (non-hydrogen) atoms. The molecule has 0 unspecified atom stereocenters. The second-order valence-electron chi connectivity index (χ2n) is 19.4. The van der Waals surface area contributed by atoms with E-state index < -0.39 is 0 Å². The summed E-state index contributed by atoms with van der Waals surface area (Å²) in [6, 6.07) is 30.8. The minimum Gasteiger partial charge on any atom is -0.0654 e. The molecule has 0 atom stereocenters. The summed E-state index contributed by atoms with van der Waals surface area (Å²) in [6.07, 6.45) is 49.1. The van der Waals surface area contributed by atoms with Crippen molar-refractivity contribution >= 4 is 0 Å². The molecule has 0 fully saturated rings. The van der Waals surface area contributed by atoms with Gasteiger partial charge in [-0.15, -0.1) is 0 Å². The first-order valence-electron chi connectivity index (χ1n) is 31.1. The predicted octanol–water partition coefficient (Wildman–Crippen LogP) is 26.8. The van der Waals surface area contributed by atoms with Crippen molar-refractivity contribution in [3.63, 3.8) is 0 Å². The van der Waals surface area contributed by atoms with Gasteiger partial charge in [0.05, 0.1) is 0 Å². The van der Waals surface area contributed by atoms with Crippen LogP contribution in [0.25, 0.3) is 0 Å². The van der Waals surface area contributed by atoms with Crippen LogP contribution in [0, 0.1) is 20.8 Å². The quantitative estimate of drug-likeness (QED) is 0.0636. The van der Waals surface area contributed by atoms with E-state index >= 15 is 0 Å². The van der Waals surface area contributed by atoms with Crippen LogP contribution in [0.5, 0.6) is 0 Å². The summed E-state index contributed by atoms with van der Waals surface area (Å²) < 4.78 is 0. The van der Waals surface area contributed by atoms with E-state index in [1.807, 2.05) is 54.6 Å². The smallest absolute Gasteiger partial charge is 0.0398 e. The van der Waals surface area contributed by atoms with Crippen LogP contribution in [0.3, 0.4) is 0 Å². The van der Waals surface area contributed by atoms with Gasteiger partial charge >= 0.3 is 0 Å². The van der Waals surface area contributed by atoms with Gasteiger partial charge in [0.25, 0.3) is 0 Å². The molecule has 0 saturated heterocycles. The summed E-state index contributed by atoms with van der Waals surface area (Å²) in [5, 5.41) is 0. The maximum Gasteiger partial charge on any atom is -0.0398 e. The summed E-state index contributed by atoms with van der Waals surface area (Å²) in [5.74, 6) is 0. The van der Waals surface area contributed by atoms with Crippen molar-refractivity contribution < 1.29 is 0 Å². The van der Waals surface area contributed by atoms with Crippen LogP contribution in [-0.4, -0.2) is 0 Å². The monoisotopic (exact) mass is 977 g/mol. The van der Waals surface area contributed by atoms with Crippen molar-refractivity contribution in [2.45, 2.75) is 342 Å². The van der Waals surface area contributed by atoms with Gasteiger partial charge in [-0.3, -0.25) is 0 Å². The van der Waals surface area contributed by atoms with Gasteiger partial charge in [-0.2, -0.15) is 0 Å². The Kier molecular flexibility index (Phi) is 104. The Morgan fingerprint density at radius 1 is 0.157 bits per heavy atom. The summed E-state index contributed by atoms with van der Waals surface area (Å²) in [4.78, 5) is 0. The van der Waals surface area contributed by atoms with E-state index in [1.54, 1.807) is 0 Å². The van der Waals surface area contributed by atoms with E-state index in [1.165, 1.54) is 241 Å². The molecule has 3 aromatic rings. The van der Waals surface area contributed by atoms with E-state index in [-0.39, 0.29) is 0 Å². The maximum absolute atomic E-state index is 2.25. The zero-order valence-electron chi connectivity index (χ0n) is 51.9. The molecule has 0 bridgehead atoms. The normalized spacial score (nSPS) is 9.21. The van der Waals surface area contributed by atoms with Crippen LogP contribution in [-0.2, 0) is 0 Å². The molecule has 416 valence electrons. The van der Waals surface area contributed by atoms with Gasteiger partial charge in [0.1, 0.15) is 0 Å². The van der Waals surface area contributed by atoms with Gasteiger partial charge in [0, 0.05) is 0 Å². The fourth-order valence-corrected chi connectivity index (χ4v) is 6.34. The van der Waals surface area contributed by atoms with E-state index in [0.29, 0.717) is 0 Å². The molecule has 0 heterocycles. The van der Waals surface area contributed by atoms with Crippen LogP contribution < -0.4 is 0 Å². The third-order valence-corrected chi connectivity index (χ3v) is 11.3. The average molecular weight is 978 g/mol. The van der Waals surface area contributed by atoms with Crippen molar-refractivity contribution in [1.29, 1.82) is 0 Å². The zero-order valence-corrected chi connectivity index (χ0v) is 51.9. The lowest BCUT2D eigenvalue weighted by Crippen LogP contribution is -1.70. The zero-order chi connectivity index (χ0) is 54.1. The van der Waals surface area contributed by atoms with Crippen LogP contribution in [0.1, 0.15) is 338 Å². The molecule has 0 aliphatic carbocycles. The van der Waals surface area contributed by atoms with Crippen LogP contribution in [0.15, 0.2) is 91.0 Å². The Bertz CT molecular complexity index is 887. The van der Waals surface area contributed by atoms with Gasteiger partial charge in [0.15, 0.2) is 0 Å². The van der Waals surface area contributed by atoms with Crippen LogP contribution in [0.4, 0.5) is 0 Å². The Balaban J connectivity index is -0.000000126. The molecular formula is C70H136. The minimum absolute atomic E-state index is 1.32. The van der Waals surface area contributed by atoms with Crippen LogP contribution in [0.2, 0.25) is 0 Å². The molecule has 0 radical (unpaired) electrons. The highest BCUT2D eigenvalue weighted by molar-refractivity contribution is 5.13. The number of hydrogen-bond acceptors (Lipinski definition) is 0. The first-order valence-corrected chi connectivity index (χ1v) is 31.1. The highest BCUT2D eigenvalue weighted by Crippen LogP contribution is 2.04. The molecule has 0 amide bonds. The molecule has 0 aromatic heterocycles. The van der Waals surface area contributed by atoms with Crippen molar-refractivity contribution in [2.24, 2.45) is 0 Å². The number of aryl methyl sites for hydroxylation is 3. The summed E-state index contributed by atoms with van der Waals surface area (Å²) in [5.41, 5.74) is 3.97. The van der Waals surface area contributed by atoms with E-state index in [9.17, 15) is 0 Å². The Morgan fingerprint density at radius 3 is 0.314 bits per heavy atom. The summed E-state index contributed by atoms with van der Waals surface area (Å²) >= 11 is 0. The van der Waals surface area contributed by atoms with Gasteiger partial charge < -0.3 is 0 Å². The second-order valence-corrected chi connectivity index (χ2v) is 19.4. The Morgan fingerprint density at radius 2 is 0.257 bits per heavy atom. The second kappa shape index (κ2) is 89.5. The lowest BCUT2D eigenvalue weighted by molar-refractivity contribution is 0.656. The largest absolute Gasteiger partial charge is 0.0654 e. The van der Waals surface area contributed by atoms with Crippen molar-refractivity contribution in [3.05, 3.63) is 108 Å². The highest BCUT2D eigenvalue weighted by Gasteiger charge is 1.84. The molecule has 0 N–H and O–H groups in total. The van der Waals surface area contributed by atoms with Gasteiger partial charge in [-0.05, 0) is 20.8 Å². The van der Waals surface area contributed by atoms with Crippen molar-refractivity contribution in [2.75, 3.05) is 0 Å². The van der Waals surface area contributed by atoms with E-state index in [0.717, 1.165) is 0 Å². The van der Waals surface area contributed by atoms with Gasteiger partial charge in [-0.1, -0.05) is 429 Å². The number of hydrogen-bond donors (Lipinski definition) is 0. The van der Waals surface area contributed by atoms with Gasteiger partial charge in [0.2, 0.25) is 0 Å². The minimum atomic E-state index is 1.32. The SMILES string of the molecule is CCCCCCC.CCCCCCC.CCCCCCC.CCCCCCC.CCCCCCC.CCCCCCC.CCCCCCC.Cc1ccccc1.Cc1ccccc1.Cc1ccccc1. The molecule has 0 heteroatoms. The highest BCUT2D eigenvalue weighted by atomic mass is 13.9. The average Bonchev–Trinajstić information content (AvgIpc) is 3.38. The first-order chi connectivity index (χ1) is 34.1. The summed E-state index contributed by atoms with van der Waals surface area (Å²) in [7, 11) is 0. The Hall–Kier alpha value is -2.34. The van der Waals surface area contributed by atoms with E-state index in [4.69, 9.17) is 0 Å². The van der Waals surface area contributed by atoms with Crippen LogP contribution >= 0.6 is 0 Å². The lowest BCUT2D eigenvalue weighted by Gasteiger charge is -1.90. The molecular weight excluding hydrogens is 841 g/mol. The molecule has 3 rings (SSSR count). The Labute approximate surface area is 448 Å². The maximum atomic E-state index is 2.25. The van der Waals surface area contributed by atoms with Gasteiger partial charge in [-0.25, -0.2) is 0 Å². The number of rotatable bonds is 28. The molecule has 0 aliphatic heterocycles. The van der Waals surface area contributed by atoms with Crippen molar-refractivity contribution in [1.82, 2.24) is 0 Å². The third-order valence-electron chi connectivity index (χ3n) is 11.3. The number of benzene rings is 3.